The molecule has 11 heteroatoms. The molecule has 0 saturated heterocycles. The van der Waals surface area contributed by atoms with E-state index in [-0.39, 0.29) is 12.5 Å². The summed E-state index contributed by atoms with van der Waals surface area (Å²) < 4.78 is 64.6. The number of hydrogen-bond donors (Lipinski definition) is 1. The van der Waals surface area contributed by atoms with Gasteiger partial charge >= 0.3 is 12.1 Å². The van der Waals surface area contributed by atoms with Crippen LogP contribution in [0.5, 0.6) is 0 Å². The minimum atomic E-state index is -4.72. The zero-order valence-corrected chi connectivity index (χ0v) is 13.1. The first kappa shape index (κ1) is 17.7. The number of carbonyl (C=O) groups is 1. The van der Waals surface area contributed by atoms with Crippen LogP contribution in [0.2, 0.25) is 0 Å². The Hall–Kier alpha value is -1.62. The summed E-state index contributed by atoms with van der Waals surface area (Å²) in [6.07, 6.45) is -1.76. The molecule has 0 atom stereocenters. The molecule has 130 valence electrons. The lowest BCUT2D eigenvalue weighted by Gasteiger charge is -2.32. The van der Waals surface area contributed by atoms with Gasteiger partial charge in [0.15, 0.2) is 5.03 Å². The van der Waals surface area contributed by atoms with E-state index in [0.29, 0.717) is 17.1 Å². The molecule has 1 N–H and O–H groups in total. The predicted molar refractivity (Wildman–Crippen MR) is 72.3 cm³/mol. The molecule has 0 amide bonds. The fourth-order valence-corrected chi connectivity index (χ4v) is 4.18. The monoisotopic (exact) mass is 355 g/mol. The van der Waals surface area contributed by atoms with Crippen LogP contribution in [-0.4, -0.2) is 52.8 Å². The summed E-state index contributed by atoms with van der Waals surface area (Å²) in [5.41, 5.74) is -0.645. The van der Waals surface area contributed by atoms with E-state index in [1.54, 1.807) is 0 Å². The number of halogens is 3. The first-order chi connectivity index (χ1) is 10.5. The molecule has 1 aromatic heterocycles. The lowest BCUT2D eigenvalue weighted by atomic mass is 9.85. The maximum Gasteiger partial charge on any atom is 0.402 e. The third-order valence-electron chi connectivity index (χ3n) is 3.74. The van der Waals surface area contributed by atoms with Crippen LogP contribution in [0.15, 0.2) is 11.2 Å². The van der Waals surface area contributed by atoms with Crippen molar-refractivity contribution < 1.29 is 31.5 Å². The van der Waals surface area contributed by atoms with Crippen LogP contribution in [0, 0.1) is 5.92 Å². The molecule has 2 rings (SSSR count). The van der Waals surface area contributed by atoms with Gasteiger partial charge in [-0.3, -0.25) is 4.68 Å². The second-order valence-corrected chi connectivity index (χ2v) is 7.36. The van der Waals surface area contributed by atoms with E-state index >= 15 is 0 Å². The van der Waals surface area contributed by atoms with Crippen LogP contribution < -0.4 is 0 Å². The molecular formula is C12H16F3N3O4S. The third-order valence-corrected chi connectivity index (χ3v) is 5.67. The van der Waals surface area contributed by atoms with Gasteiger partial charge in [-0.1, -0.05) is 6.42 Å². The van der Waals surface area contributed by atoms with E-state index in [0.717, 1.165) is 17.3 Å². The second kappa shape index (κ2) is 6.11. The molecular weight excluding hydrogens is 339 g/mol. The van der Waals surface area contributed by atoms with Gasteiger partial charge in [0.2, 0.25) is 0 Å². The van der Waals surface area contributed by atoms with Gasteiger partial charge in [-0.05, 0) is 18.8 Å². The number of sulfonamides is 1. The van der Waals surface area contributed by atoms with Crippen LogP contribution in [0.4, 0.5) is 13.2 Å². The van der Waals surface area contributed by atoms with Crippen LogP contribution >= 0.6 is 0 Å². The standard InChI is InChI=1S/C12H16F3N3O4S/c1-17-10(9(5-16-17)11(19)20)23(21,22)18(7-12(13,14)15)6-8-3-2-4-8/h5,8H,2-4,6-7H2,1H3,(H,19,20). The fraction of sp³-hybridized carbons (Fsp3) is 0.667. The van der Waals surface area contributed by atoms with Crippen LogP contribution in [0.3, 0.4) is 0 Å². The van der Waals surface area contributed by atoms with Crippen molar-refractivity contribution in [1.29, 1.82) is 0 Å². The highest BCUT2D eigenvalue weighted by atomic mass is 32.2. The van der Waals surface area contributed by atoms with Gasteiger partial charge in [0.25, 0.3) is 10.0 Å². The fourth-order valence-electron chi connectivity index (χ4n) is 2.41. The maximum atomic E-state index is 12.8. The Balaban J connectivity index is 2.42. The summed E-state index contributed by atoms with van der Waals surface area (Å²) in [6, 6.07) is 0. The number of aromatic nitrogens is 2. The van der Waals surface area contributed by atoms with Gasteiger partial charge in [-0.2, -0.15) is 22.6 Å². The molecule has 0 bridgehead atoms. The van der Waals surface area contributed by atoms with E-state index < -0.39 is 39.3 Å². The Morgan fingerprint density at radius 3 is 2.52 bits per heavy atom. The minimum absolute atomic E-state index is 0.145. The molecule has 23 heavy (non-hydrogen) atoms. The number of hydrogen-bond acceptors (Lipinski definition) is 4. The van der Waals surface area contributed by atoms with Gasteiger partial charge in [0.05, 0.1) is 6.20 Å². The van der Waals surface area contributed by atoms with E-state index in [2.05, 4.69) is 5.10 Å². The van der Waals surface area contributed by atoms with Crippen molar-refractivity contribution in [2.75, 3.05) is 13.1 Å². The Labute approximate surface area is 130 Å². The van der Waals surface area contributed by atoms with Crippen LogP contribution in [-0.2, 0) is 17.1 Å². The van der Waals surface area contributed by atoms with Gasteiger partial charge in [0.1, 0.15) is 12.1 Å². The molecule has 0 radical (unpaired) electrons. The van der Waals surface area contributed by atoms with Crippen molar-refractivity contribution in [3.8, 4) is 0 Å². The third kappa shape index (κ3) is 3.83. The van der Waals surface area contributed by atoms with Crippen molar-refractivity contribution in [2.24, 2.45) is 13.0 Å². The number of aryl methyl sites for hydroxylation is 1. The molecule has 1 fully saturated rings. The van der Waals surface area contributed by atoms with Crippen molar-refractivity contribution in [1.82, 2.24) is 14.1 Å². The SMILES string of the molecule is Cn1ncc(C(=O)O)c1S(=O)(=O)N(CC1CCC1)CC(F)(F)F. The highest BCUT2D eigenvalue weighted by Crippen LogP contribution is 2.31. The number of aromatic carboxylic acids is 1. The smallest absolute Gasteiger partial charge is 0.402 e. The van der Waals surface area contributed by atoms with Gasteiger partial charge in [0, 0.05) is 13.6 Å². The first-order valence-corrected chi connectivity index (χ1v) is 8.28. The molecule has 1 aromatic rings. The van der Waals surface area contributed by atoms with Crippen molar-refractivity contribution in [3.63, 3.8) is 0 Å². The van der Waals surface area contributed by atoms with E-state index in [4.69, 9.17) is 5.11 Å². The highest BCUT2D eigenvalue weighted by Gasteiger charge is 2.41. The van der Waals surface area contributed by atoms with Crippen molar-refractivity contribution in [3.05, 3.63) is 11.8 Å². The maximum absolute atomic E-state index is 12.8. The van der Waals surface area contributed by atoms with E-state index in [1.165, 1.54) is 7.05 Å². The minimum Gasteiger partial charge on any atom is -0.478 e. The Bertz CT molecular complexity index is 695. The summed E-state index contributed by atoms with van der Waals surface area (Å²) in [5, 5.41) is 11.8. The molecule has 1 aliphatic rings. The quantitative estimate of drug-likeness (QED) is 0.834. The second-order valence-electron chi connectivity index (χ2n) is 5.50. The molecule has 0 aromatic carbocycles. The summed E-state index contributed by atoms with van der Waals surface area (Å²) >= 11 is 0. The highest BCUT2D eigenvalue weighted by molar-refractivity contribution is 7.89. The first-order valence-electron chi connectivity index (χ1n) is 6.84. The van der Waals surface area contributed by atoms with Crippen molar-refractivity contribution in [2.45, 2.75) is 30.5 Å². The zero-order valence-electron chi connectivity index (χ0n) is 12.2. The largest absolute Gasteiger partial charge is 0.478 e. The van der Waals surface area contributed by atoms with E-state index in [1.807, 2.05) is 0 Å². The van der Waals surface area contributed by atoms with Crippen molar-refractivity contribution >= 4 is 16.0 Å². The lowest BCUT2D eigenvalue weighted by Crippen LogP contribution is -2.43. The number of nitrogens with zero attached hydrogens (tertiary/aromatic N) is 3. The molecule has 1 saturated carbocycles. The number of carboxylic acids is 1. The molecule has 0 unspecified atom stereocenters. The Morgan fingerprint density at radius 2 is 2.09 bits per heavy atom. The summed E-state index contributed by atoms with van der Waals surface area (Å²) in [4.78, 5) is 11.1. The predicted octanol–water partition coefficient (Wildman–Crippen LogP) is 1.47. The van der Waals surface area contributed by atoms with Crippen LogP contribution in [0.1, 0.15) is 29.6 Å². The van der Waals surface area contributed by atoms with Gasteiger partial charge in [-0.15, -0.1) is 0 Å². The summed E-state index contributed by atoms with van der Waals surface area (Å²) in [6.45, 7) is -1.94. The average Bonchev–Trinajstić information content (AvgIpc) is 2.73. The number of rotatable bonds is 6. The molecule has 1 aliphatic carbocycles. The Kier molecular flexibility index (Phi) is 4.71. The molecule has 0 spiro atoms. The molecule has 1 heterocycles. The Morgan fingerprint density at radius 1 is 1.48 bits per heavy atom. The number of carboxylic acid groups (broad SMARTS) is 1. The van der Waals surface area contributed by atoms with Gasteiger partial charge in [-0.25, -0.2) is 13.2 Å². The number of alkyl halides is 3. The van der Waals surface area contributed by atoms with E-state index in [9.17, 15) is 26.4 Å². The van der Waals surface area contributed by atoms with Gasteiger partial charge < -0.3 is 5.11 Å². The average molecular weight is 355 g/mol. The molecule has 0 aliphatic heterocycles. The van der Waals surface area contributed by atoms with Crippen LogP contribution in [0.25, 0.3) is 0 Å². The summed E-state index contributed by atoms with van der Waals surface area (Å²) in [5.74, 6) is -1.71. The normalized spacial score (nSPS) is 16.6. The molecule has 7 nitrogen and oxygen atoms in total. The topological polar surface area (TPSA) is 92.5 Å². The summed E-state index contributed by atoms with van der Waals surface area (Å²) in [7, 11) is -3.46. The lowest BCUT2D eigenvalue weighted by molar-refractivity contribution is -0.137. The zero-order chi connectivity index (χ0) is 17.4.